The van der Waals surface area contributed by atoms with Crippen LogP contribution in [0.1, 0.15) is 33.1 Å². The number of nitrogens with one attached hydrogen (secondary N) is 1. The molecular weight excluding hydrogens is 204 g/mol. The minimum atomic E-state index is -0.304. The van der Waals surface area contributed by atoms with Crippen LogP contribution in [-0.4, -0.2) is 47.2 Å². The number of hydrogen-bond acceptors (Lipinski definition) is 3. The van der Waals surface area contributed by atoms with Gasteiger partial charge < -0.3 is 15.3 Å². The van der Waals surface area contributed by atoms with Crippen molar-refractivity contribution < 1.29 is 9.90 Å². The fraction of sp³-hybridized carbons (Fsp3) is 0.917. The first-order chi connectivity index (χ1) is 7.58. The molecule has 2 fully saturated rings. The minimum absolute atomic E-state index is 0.0357. The average molecular weight is 226 g/mol. The van der Waals surface area contributed by atoms with Gasteiger partial charge in [-0.25, -0.2) is 0 Å². The summed E-state index contributed by atoms with van der Waals surface area (Å²) >= 11 is 0. The predicted octanol–water partition coefficient (Wildman–Crippen LogP) is 0.356. The predicted molar refractivity (Wildman–Crippen MR) is 62.0 cm³/mol. The molecule has 0 bridgehead atoms. The summed E-state index contributed by atoms with van der Waals surface area (Å²) in [6.45, 7) is 5.41. The van der Waals surface area contributed by atoms with Gasteiger partial charge >= 0.3 is 0 Å². The Kier molecular flexibility index (Phi) is 3.50. The monoisotopic (exact) mass is 226 g/mol. The van der Waals surface area contributed by atoms with Gasteiger partial charge in [-0.3, -0.25) is 4.79 Å². The fourth-order valence-corrected chi connectivity index (χ4v) is 2.33. The summed E-state index contributed by atoms with van der Waals surface area (Å²) in [5.41, 5.74) is 0. The second-order valence-electron chi connectivity index (χ2n) is 5.35. The van der Waals surface area contributed by atoms with E-state index in [1.54, 1.807) is 0 Å². The minimum Gasteiger partial charge on any atom is -0.391 e. The lowest BCUT2D eigenvalue weighted by atomic mass is 10.2. The highest BCUT2D eigenvalue weighted by Gasteiger charge is 2.36. The molecule has 1 heterocycles. The van der Waals surface area contributed by atoms with Gasteiger partial charge in [0.15, 0.2) is 0 Å². The van der Waals surface area contributed by atoms with Gasteiger partial charge in [0.1, 0.15) is 0 Å². The zero-order valence-electron chi connectivity index (χ0n) is 10.1. The van der Waals surface area contributed by atoms with E-state index in [2.05, 4.69) is 19.2 Å². The van der Waals surface area contributed by atoms with Gasteiger partial charge in [-0.05, 0) is 25.2 Å². The number of amides is 1. The molecule has 1 aliphatic heterocycles. The number of aliphatic hydroxyl groups excluding tert-OH is 1. The van der Waals surface area contributed by atoms with Crippen LogP contribution in [0.5, 0.6) is 0 Å². The molecule has 1 saturated heterocycles. The standard InChI is InChI=1S/C12H22N2O2/c1-8(2)13-10-5-6-14(12(10)16)7-11(15)9-3-4-9/h8-11,13,15H,3-7H2,1-2H3. The molecular formula is C12H22N2O2. The largest absolute Gasteiger partial charge is 0.391 e. The van der Waals surface area contributed by atoms with Crippen molar-refractivity contribution in [3.8, 4) is 0 Å². The number of rotatable bonds is 5. The third-order valence-corrected chi connectivity index (χ3v) is 3.41. The maximum absolute atomic E-state index is 12.0. The van der Waals surface area contributed by atoms with Gasteiger partial charge in [-0.1, -0.05) is 13.8 Å². The highest BCUT2D eigenvalue weighted by atomic mass is 16.3. The maximum Gasteiger partial charge on any atom is 0.239 e. The van der Waals surface area contributed by atoms with E-state index in [0.29, 0.717) is 18.5 Å². The number of carbonyl (C=O) groups is 1. The molecule has 2 atom stereocenters. The Labute approximate surface area is 97.0 Å². The van der Waals surface area contributed by atoms with Gasteiger partial charge in [0.25, 0.3) is 0 Å². The quantitative estimate of drug-likeness (QED) is 0.711. The molecule has 0 aromatic carbocycles. The fourth-order valence-electron chi connectivity index (χ4n) is 2.33. The summed E-state index contributed by atoms with van der Waals surface area (Å²) in [5.74, 6) is 0.610. The summed E-state index contributed by atoms with van der Waals surface area (Å²) in [6.07, 6.45) is 2.81. The summed E-state index contributed by atoms with van der Waals surface area (Å²) < 4.78 is 0. The van der Waals surface area contributed by atoms with Crippen molar-refractivity contribution in [3.05, 3.63) is 0 Å². The van der Waals surface area contributed by atoms with Crippen molar-refractivity contribution in [3.63, 3.8) is 0 Å². The Balaban J connectivity index is 1.81. The second-order valence-corrected chi connectivity index (χ2v) is 5.35. The Morgan fingerprint density at radius 1 is 1.44 bits per heavy atom. The van der Waals surface area contributed by atoms with Crippen LogP contribution in [-0.2, 0) is 4.79 Å². The summed E-state index contributed by atoms with van der Waals surface area (Å²) in [7, 11) is 0. The third kappa shape index (κ3) is 2.74. The van der Waals surface area contributed by atoms with E-state index in [0.717, 1.165) is 25.8 Å². The molecule has 0 spiro atoms. The molecule has 1 aliphatic carbocycles. The zero-order valence-corrected chi connectivity index (χ0v) is 10.1. The van der Waals surface area contributed by atoms with Crippen molar-refractivity contribution in [1.82, 2.24) is 10.2 Å². The van der Waals surface area contributed by atoms with Crippen molar-refractivity contribution in [2.75, 3.05) is 13.1 Å². The summed E-state index contributed by atoms with van der Waals surface area (Å²) in [6, 6.07) is 0.300. The van der Waals surface area contributed by atoms with Gasteiger partial charge in [0.05, 0.1) is 12.1 Å². The average Bonchev–Trinajstić information content (AvgIpc) is 2.99. The van der Waals surface area contributed by atoms with E-state index in [9.17, 15) is 9.90 Å². The first kappa shape index (κ1) is 11.9. The van der Waals surface area contributed by atoms with Crippen molar-refractivity contribution >= 4 is 5.91 Å². The SMILES string of the molecule is CC(C)NC1CCN(CC(O)C2CC2)C1=O. The lowest BCUT2D eigenvalue weighted by Crippen LogP contribution is -2.43. The Hall–Kier alpha value is -0.610. The third-order valence-electron chi connectivity index (χ3n) is 3.41. The first-order valence-corrected chi connectivity index (χ1v) is 6.31. The van der Waals surface area contributed by atoms with Crippen molar-refractivity contribution in [1.29, 1.82) is 0 Å². The molecule has 0 aromatic rings. The molecule has 2 rings (SSSR count). The molecule has 1 saturated carbocycles. The topological polar surface area (TPSA) is 52.6 Å². The molecule has 2 unspecified atom stereocenters. The van der Waals surface area contributed by atoms with Crippen molar-refractivity contribution in [2.24, 2.45) is 5.92 Å². The van der Waals surface area contributed by atoms with Gasteiger partial charge in [0, 0.05) is 19.1 Å². The van der Waals surface area contributed by atoms with E-state index >= 15 is 0 Å². The highest BCUT2D eigenvalue weighted by molar-refractivity contribution is 5.84. The van der Waals surface area contributed by atoms with E-state index < -0.39 is 0 Å². The number of hydrogen-bond donors (Lipinski definition) is 2. The molecule has 0 aromatic heterocycles. The molecule has 0 radical (unpaired) electrons. The Morgan fingerprint density at radius 3 is 2.69 bits per heavy atom. The number of likely N-dealkylation sites (tertiary alicyclic amines) is 1. The van der Waals surface area contributed by atoms with E-state index in [-0.39, 0.29) is 18.1 Å². The van der Waals surface area contributed by atoms with Gasteiger partial charge in [0.2, 0.25) is 5.91 Å². The first-order valence-electron chi connectivity index (χ1n) is 6.31. The Bertz CT molecular complexity index is 264. The number of aliphatic hydroxyl groups is 1. The number of nitrogens with zero attached hydrogens (tertiary/aromatic N) is 1. The maximum atomic E-state index is 12.0. The van der Waals surface area contributed by atoms with E-state index in [4.69, 9.17) is 0 Å². The Morgan fingerprint density at radius 2 is 2.12 bits per heavy atom. The van der Waals surface area contributed by atoms with Crippen molar-refractivity contribution in [2.45, 2.75) is 51.3 Å². The summed E-state index contributed by atoms with van der Waals surface area (Å²) in [4.78, 5) is 13.8. The van der Waals surface area contributed by atoms with Gasteiger partial charge in [-0.15, -0.1) is 0 Å². The second kappa shape index (κ2) is 4.72. The molecule has 2 N–H and O–H groups in total. The van der Waals surface area contributed by atoms with E-state index in [1.165, 1.54) is 0 Å². The zero-order chi connectivity index (χ0) is 11.7. The highest BCUT2D eigenvalue weighted by Crippen LogP contribution is 2.33. The van der Waals surface area contributed by atoms with Crippen LogP contribution < -0.4 is 5.32 Å². The smallest absolute Gasteiger partial charge is 0.239 e. The lowest BCUT2D eigenvalue weighted by molar-refractivity contribution is -0.130. The van der Waals surface area contributed by atoms with Crippen LogP contribution in [0, 0.1) is 5.92 Å². The molecule has 1 amide bonds. The molecule has 16 heavy (non-hydrogen) atoms. The molecule has 4 heteroatoms. The molecule has 4 nitrogen and oxygen atoms in total. The van der Waals surface area contributed by atoms with Gasteiger partial charge in [-0.2, -0.15) is 0 Å². The van der Waals surface area contributed by atoms with Crippen LogP contribution >= 0.6 is 0 Å². The van der Waals surface area contributed by atoms with Crippen LogP contribution in [0.25, 0.3) is 0 Å². The lowest BCUT2D eigenvalue weighted by Gasteiger charge is -2.21. The molecule has 92 valence electrons. The van der Waals surface area contributed by atoms with E-state index in [1.807, 2.05) is 4.90 Å². The normalized spacial score (nSPS) is 27.9. The van der Waals surface area contributed by atoms with Crippen LogP contribution in [0.4, 0.5) is 0 Å². The molecule has 2 aliphatic rings. The van der Waals surface area contributed by atoms with Crippen LogP contribution in [0.2, 0.25) is 0 Å². The number of β-amino-alcohol motifs (C(OH)–C–C–N with tert-alkyl or cyclic N) is 1. The van der Waals surface area contributed by atoms with Crippen LogP contribution in [0.3, 0.4) is 0 Å². The van der Waals surface area contributed by atoms with Crippen LogP contribution in [0.15, 0.2) is 0 Å². The summed E-state index contributed by atoms with van der Waals surface area (Å²) in [5, 5.41) is 13.1. The number of carbonyl (C=O) groups excluding carboxylic acids is 1.